The zero-order valence-electron chi connectivity index (χ0n) is 17.0. The molecular weight excluding hydrogens is 417 g/mol. The largest absolute Gasteiger partial charge is 0.419 e. The third kappa shape index (κ3) is 4.89. The van der Waals surface area contributed by atoms with Gasteiger partial charge in [0, 0.05) is 49.7 Å². The Morgan fingerprint density at radius 3 is 2.38 bits per heavy atom. The Hall–Kier alpha value is -3.86. The van der Waals surface area contributed by atoms with Crippen LogP contribution in [0.2, 0.25) is 0 Å². The Balaban J connectivity index is 1.44. The summed E-state index contributed by atoms with van der Waals surface area (Å²) in [6.07, 6.45) is -1.47. The van der Waals surface area contributed by atoms with Crippen LogP contribution in [0.3, 0.4) is 0 Å². The minimum Gasteiger partial charge on any atom is -0.353 e. The molecule has 1 fully saturated rings. The van der Waals surface area contributed by atoms with Crippen LogP contribution in [0.4, 0.5) is 19.0 Å². The first kappa shape index (κ1) is 21.4. The van der Waals surface area contributed by atoms with E-state index in [1.54, 1.807) is 40.3 Å². The summed E-state index contributed by atoms with van der Waals surface area (Å²) in [5, 5.41) is 0. The zero-order valence-corrected chi connectivity index (χ0v) is 17.0. The summed E-state index contributed by atoms with van der Waals surface area (Å²) in [5.41, 5.74) is 1.04. The summed E-state index contributed by atoms with van der Waals surface area (Å²) in [6.45, 7) is 1.14. The number of alkyl halides is 3. The molecular formula is C24H19F3N4O. The van der Waals surface area contributed by atoms with Crippen molar-refractivity contribution in [3.8, 4) is 11.8 Å². The number of aromatic nitrogens is 2. The van der Waals surface area contributed by atoms with Crippen molar-refractivity contribution >= 4 is 11.7 Å². The Bertz CT molecular complexity index is 1160. The second-order valence-electron chi connectivity index (χ2n) is 7.20. The number of nitrogens with zero attached hydrogens (tertiary/aromatic N) is 4. The van der Waals surface area contributed by atoms with Crippen molar-refractivity contribution in [1.29, 1.82) is 0 Å². The van der Waals surface area contributed by atoms with Crippen LogP contribution >= 0.6 is 0 Å². The molecule has 0 radical (unpaired) electrons. The summed E-state index contributed by atoms with van der Waals surface area (Å²) in [5.74, 6) is 5.68. The van der Waals surface area contributed by atoms with Crippen LogP contribution in [-0.2, 0) is 6.18 Å². The number of rotatable bonds is 2. The second-order valence-corrected chi connectivity index (χ2v) is 7.20. The predicted molar refractivity (Wildman–Crippen MR) is 114 cm³/mol. The molecule has 3 aromatic rings. The van der Waals surface area contributed by atoms with Crippen LogP contribution < -0.4 is 4.90 Å². The van der Waals surface area contributed by atoms with Gasteiger partial charge in [-0.2, -0.15) is 13.2 Å². The van der Waals surface area contributed by atoms with Gasteiger partial charge in [-0.15, -0.1) is 0 Å². The van der Waals surface area contributed by atoms with E-state index in [1.165, 1.54) is 12.3 Å². The molecule has 0 unspecified atom stereocenters. The summed E-state index contributed by atoms with van der Waals surface area (Å²) in [6, 6.07) is 14.7. The number of halogens is 3. The van der Waals surface area contributed by atoms with Crippen molar-refractivity contribution in [3.63, 3.8) is 0 Å². The maximum absolute atomic E-state index is 13.3. The molecule has 5 nitrogen and oxygen atoms in total. The Labute approximate surface area is 183 Å². The Kier molecular flexibility index (Phi) is 6.08. The lowest BCUT2D eigenvalue weighted by Gasteiger charge is -2.36. The molecule has 2 aromatic heterocycles. The predicted octanol–water partition coefficient (Wildman–Crippen LogP) is 3.86. The van der Waals surface area contributed by atoms with Gasteiger partial charge in [-0.3, -0.25) is 4.79 Å². The van der Waals surface area contributed by atoms with E-state index in [0.717, 1.165) is 6.07 Å². The fraction of sp³-hybridized carbons (Fsp3) is 0.208. The standard InChI is InChI=1S/C24H19F3N4O/c25-24(26,27)21-8-4-12-29-22(21)30-13-15-31(16-14-30)23(32)19-6-3-5-18(17-19)9-10-20-7-1-2-11-28-20/h1-8,11-12,17H,13-16H2. The van der Waals surface area contributed by atoms with Crippen molar-refractivity contribution in [2.24, 2.45) is 0 Å². The summed E-state index contributed by atoms with van der Waals surface area (Å²) in [4.78, 5) is 24.2. The summed E-state index contributed by atoms with van der Waals surface area (Å²) >= 11 is 0. The fourth-order valence-corrected chi connectivity index (χ4v) is 3.48. The van der Waals surface area contributed by atoms with Gasteiger partial charge in [0.15, 0.2) is 0 Å². The molecule has 1 aromatic carbocycles. The topological polar surface area (TPSA) is 49.3 Å². The summed E-state index contributed by atoms with van der Waals surface area (Å²) < 4.78 is 39.9. The molecule has 32 heavy (non-hydrogen) atoms. The number of carbonyl (C=O) groups is 1. The van der Waals surface area contributed by atoms with E-state index in [2.05, 4.69) is 21.8 Å². The minimum atomic E-state index is -4.48. The molecule has 4 rings (SSSR count). The van der Waals surface area contributed by atoms with Gasteiger partial charge in [-0.05, 0) is 48.4 Å². The first-order valence-corrected chi connectivity index (χ1v) is 10.0. The van der Waals surface area contributed by atoms with Crippen LogP contribution in [0.15, 0.2) is 67.0 Å². The van der Waals surface area contributed by atoms with Gasteiger partial charge < -0.3 is 9.80 Å². The highest BCUT2D eigenvalue weighted by Gasteiger charge is 2.36. The average Bonchev–Trinajstić information content (AvgIpc) is 2.83. The van der Waals surface area contributed by atoms with Crippen molar-refractivity contribution in [3.05, 3.63) is 89.4 Å². The number of carbonyl (C=O) groups excluding carboxylic acids is 1. The maximum atomic E-state index is 13.3. The van der Waals surface area contributed by atoms with Gasteiger partial charge in [-0.1, -0.05) is 18.1 Å². The Morgan fingerprint density at radius 1 is 0.875 bits per heavy atom. The van der Waals surface area contributed by atoms with E-state index < -0.39 is 11.7 Å². The first-order chi connectivity index (χ1) is 15.4. The van der Waals surface area contributed by atoms with Crippen LogP contribution in [-0.4, -0.2) is 47.0 Å². The van der Waals surface area contributed by atoms with E-state index in [9.17, 15) is 18.0 Å². The molecule has 162 valence electrons. The summed E-state index contributed by atoms with van der Waals surface area (Å²) in [7, 11) is 0. The van der Waals surface area contributed by atoms with Crippen LogP contribution in [0.1, 0.15) is 27.2 Å². The van der Waals surface area contributed by atoms with Gasteiger partial charge in [0.05, 0.1) is 5.56 Å². The number of anilines is 1. The highest BCUT2D eigenvalue weighted by atomic mass is 19.4. The van der Waals surface area contributed by atoms with E-state index >= 15 is 0 Å². The number of benzene rings is 1. The Morgan fingerprint density at radius 2 is 1.66 bits per heavy atom. The molecule has 0 spiro atoms. The molecule has 0 aliphatic carbocycles. The molecule has 1 saturated heterocycles. The molecule has 1 amide bonds. The highest BCUT2D eigenvalue weighted by molar-refractivity contribution is 5.94. The quantitative estimate of drug-likeness (QED) is 0.573. The van der Waals surface area contributed by atoms with Crippen molar-refractivity contribution < 1.29 is 18.0 Å². The number of amides is 1. The van der Waals surface area contributed by atoms with E-state index in [4.69, 9.17) is 0 Å². The van der Waals surface area contributed by atoms with E-state index in [1.807, 2.05) is 18.2 Å². The van der Waals surface area contributed by atoms with Gasteiger partial charge in [0.1, 0.15) is 11.5 Å². The molecule has 3 heterocycles. The lowest BCUT2D eigenvalue weighted by atomic mass is 10.1. The van der Waals surface area contributed by atoms with E-state index in [-0.39, 0.29) is 24.8 Å². The SMILES string of the molecule is O=C(c1cccc(C#Cc2ccccn2)c1)N1CCN(c2ncccc2C(F)(F)F)CC1. The van der Waals surface area contributed by atoms with Gasteiger partial charge in [0.2, 0.25) is 0 Å². The van der Waals surface area contributed by atoms with Crippen molar-refractivity contribution in [1.82, 2.24) is 14.9 Å². The van der Waals surface area contributed by atoms with Crippen LogP contribution in [0, 0.1) is 11.8 Å². The fourth-order valence-electron chi connectivity index (χ4n) is 3.48. The number of piperazine rings is 1. The van der Waals surface area contributed by atoms with Gasteiger partial charge in [0.25, 0.3) is 5.91 Å². The highest BCUT2D eigenvalue weighted by Crippen LogP contribution is 2.35. The number of pyridine rings is 2. The van der Waals surface area contributed by atoms with Crippen molar-refractivity contribution in [2.75, 3.05) is 31.1 Å². The normalized spacial score (nSPS) is 14.0. The third-order valence-electron chi connectivity index (χ3n) is 5.07. The molecule has 1 aliphatic rings. The minimum absolute atomic E-state index is 0.0982. The first-order valence-electron chi connectivity index (χ1n) is 10.0. The molecule has 0 N–H and O–H groups in total. The molecule has 1 aliphatic heterocycles. The second kappa shape index (κ2) is 9.10. The maximum Gasteiger partial charge on any atom is 0.419 e. The third-order valence-corrected chi connectivity index (χ3v) is 5.07. The van der Waals surface area contributed by atoms with Gasteiger partial charge >= 0.3 is 6.18 Å². The molecule has 0 bridgehead atoms. The van der Waals surface area contributed by atoms with Crippen LogP contribution in [0.5, 0.6) is 0 Å². The number of hydrogen-bond donors (Lipinski definition) is 0. The monoisotopic (exact) mass is 436 g/mol. The lowest BCUT2D eigenvalue weighted by Crippen LogP contribution is -2.49. The van der Waals surface area contributed by atoms with Gasteiger partial charge in [-0.25, -0.2) is 9.97 Å². The van der Waals surface area contributed by atoms with Crippen LogP contribution in [0.25, 0.3) is 0 Å². The number of hydrogen-bond acceptors (Lipinski definition) is 4. The molecule has 8 heteroatoms. The van der Waals surface area contributed by atoms with Crippen molar-refractivity contribution in [2.45, 2.75) is 6.18 Å². The van der Waals surface area contributed by atoms with E-state index in [0.29, 0.717) is 29.9 Å². The average molecular weight is 436 g/mol. The zero-order chi connectivity index (χ0) is 22.6. The lowest BCUT2D eigenvalue weighted by molar-refractivity contribution is -0.137. The molecule has 0 saturated carbocycles. The molecule has 0 atom stereocenters. The smallest absolute Gasteiger partial charge is 0.353 e.